The van der Waals surface area contributed by atoms with Crippen LogP contribution in [0.5, 0.6) is 0 Å². The molecule has 1 saturated heterocycles. The fraction of sp³-hybridized carbons (Fsp3) is 0.310. The first kappa shape index (κ1) is 29.7. The number of furan rings is 1. The minimum Gasteiger partial charge on any atom is -0.455 e. The molecule has 222 valence electrons. The van der Waals surface area contributed by atoms with Crippen molar-refractivity contribution in [1.82, 2.24) is 14.6 Å². The van der Waals surface area contributed by atoms with E-state index < -0.39 is 31.8 Å². The van der Waals surface area contributed by atoms with E-state index in [1.54, 1.807) is 30.6 Å². The van der Waals surface area contributed by atoms with E-state index in [-0.39, 0.29) is 46.6 Å². The van der Waals surface area contributed by atoms with E-state index in [4.69, 9.17) is 4.42 Å². The van der Waals surface area contributed by atoms with Gasteiger partial charge in [0.1, 0.15) is 17.2 Å². The van der Waals surface area contributed by atoms with Gasteiger partial charge in [0.2, 0.25) is 20.0 Å². The van der Waals surface area contributed by atoms with Gasteiger partial charge in [0.05, 0.1) is 22.8 Å². The van der Waals surface area contributed by atoms with Crippen LogP contribution < -0.4 is 10.0 Å². The third-order valence-electron chi connectivity index (χ3n) is 7.38. The molecule has 0 aliphatic carbocycles. The van der Waals surface area contributed by atoms with Crippen molar-refractivity contribution < 1.29 is 30.4 Å². The summed E-state index contributed by atoms with van der Waals surface area (Å²) in [4.78, 5) is 17.0. The highest BCUT2D eigenvalue weighted by atomic mass is 32.2. The zero-order valence-electron chi connectivity index (χ0n) is 23.1. The number of carbonyl (C=O) groups excluding carboxylic acids is 1. The molecule has 0 saturated carbocycles. The quantitative estimate of drug-likeness (QED) is 0.284. The van der Waals surface area contributed by atoms with Gasteiger partial charge in [-0.1, -0.05) is 0 Å². The Kier molecular flexibility index (Phi) is 8.35. The summed E-state index contributed by atoms with van der Waals surface area (Å²) in [5, 5.41) is 3.05. The highest BCUT2D eigenvalue weighted by molar-refractivity contribution is 7.92. The second-order valence-corrected chi connectivity index (χ2v) is 14.1. The summed E-state index contributed by atoms with van der Waals surface area (Å²) < 4.78 is 75.9. The molecule has 2 N–H and O–H groups in total. The van der Waals surface area contributed by atoms with Crippen LogP contribution in [-0.2, 0) is 25.8 Å². The Hall–Kier alpha value is -3.81. The lowest BCUT2D eigenvalue weighted by Crippen LogP contribution is -2.40. The molecule has 2 aromatic heterocycles. The number of rotatable bonds is 9. The summed E-state index contributed by atoms with van der Waals surface area (Å²) in [6, 6.07) is 12.0. The van der Waals surface area contributed by atoms with Crippen LogP contribution in [0.4, 0.5) is 10.1 Å². The number of nitrogens with zero attached hydrogens (tertiary/aromatic N) is 2. The number of halogens is 1. The number of hydrogen-bond donors (Lipinski definition) is 2. The Morgan fingerprint density at radius 1 is 1.10 bits per heavy atom. The van der Waals surface area contributed by atoms with Crippen molar-refractivity contribution in [2.75, 3.05) is 30.6 Å². The zero-order valence-corrected chi connectivity index (χ0v) is 24.8. The van der Waals surface area contributed by atoms with Crippen molar-refractivity contribution in [1.29, 1.82) is 0 Å². The number of carbonyl (C=O) groups is 1. The number of benzene rings is 2. The lowest BCUT2D eigenvalue weighted by Gasteiger charge is -2.33. The molecule has 1 aliphatic heterocycles. The topological polar surface area (TPSA) is 139 Å². The smallest absolute Gasteiger partial charge is 0.255 e. The van der Waals surface area contributed by atoms with Crippen molar-refractivity contribution in [3.8, 4) is 11.3 Å². The minimum atomic E-state index is -3.72. The predicted molar refractivity (Wildman–Crippen MR) is 158 cm³/mol. The molecule has 0 radical (unpaired) electrons. The van der Waals surface area contributed by atoms with Gasteiger partial charge in [0.15, 0.2) is 0 Å². The highest BCUT2D eigenvalue weighted by Crippen LogP contribution is 2.41. The second-order valence-electron chi connectivity index (χ2n) is 10.1. The van der Waals surface area contributed by atoms with Gasteiger partial charge in [-0.25, -0.2) is 25.5 Å². The van der Waals surface area contributed by atoms with Crippen LogP contribution >= 0.6 is 0 Å². The van der Waals surface area contributed by atoms with E-state index in [0.717, 1.165) is 0 Å². The zero-order chi connectivity index (χ0) is 30.1. The largest absolute Gasteiger partial charge is 0.455 e. The molecule has 1 aliphatic rings. The van der Waals surface area contributed by atoms with Crippen molar-refractivity contribution in [2.24, 2.45) is 0 Å². The molecule has 5 rings (SSSR count). The SMILES string of the molecule is CCS(=O)(=O)Nc1cc2oc(-c3ccc(F)cc3)c(C(=O)NC)c2cc1[C@H]1CCCN(S(=O)(=O)Cc2ccncc2)C1. The summed E-state index contributed by atoms with van der Waals surface area (Å²) in [6.07, 6.45) is 4.25. The van der Waals surface area contributed by atoms with E-state index in [2.05, 4.69) is 15.0 Å². The Balaban J connectivity index is 1.62. The minimum absolute atomic E-state index is 0.137. The van der Waals surface area contributed by atoms with Gasteiger partial charge in [-0.05, 0) is 79.3 Å². The number of nitrogens with one attached hydrogen (secondary N) is 2. The standard InChI is InChI=1S/C29H31FN4O6S2/c1-3-41(36,37)33-25-16-26-24(27(29(35)31-2)28(40-26)20-6-8-22(30)9-7-20)15-23(25)21-5-4-14-34(17-21)42(38,39)18-19-10-12-32-13-11-19/h6-13,15-16,21,33H,3-5,14,17-18H2,1-2H3,(H,31,35)/t21-/m0/s1. The van der Waals surface area contributed by atoms with E-state index in [9.17, 15) is 26.0 Å². The van der Waals surface area contributed by atoms with Crippen LogP contribution in [0.25, 0.3) is 22.3 Å². The summed E-state index contributed by atoms with van der Waals surface area (Å²) in [7, 11) is -5.92. The van der Waals surface area contributed by atoms with Gasteiger partial charge in [-0.15, -0.1) is 0 Å². The fourth-order valence-corrected chi connectivity index (χ4v) is 7.48. The van der Waals surface area contributed by atoms with Crippen LogP contribution in [0.2, 0.25) is 0 Å². The van der Waals surface area contributed by atoms with Gasteiger partial charge < -0.3 is 9.73 Å². The van der Waals surface area contributed by atoms with Crippen LogP contribution in [0.3, 0.4) is 0 Å². The van der Waals surface area contributed by atoms with E-state index in [1.165, 1.54) is 48.6 Å². The number of aromatic nitrogens is 1. The first-order chi connectivity index (χ1) is 20.0. The van der Waals surface area contributed by atoms with Gasteiger partial charge in [-0.3, -0.25) is 14.5 Å². The first-order valence-electron chi connectivity index (χ1n) is 13.5. The molecule has 0 unspecified atom stereocenters. The van der Waals surface area contributed by atoms with Gasteiger partial charge in [0, 0.05) is 49.5 Å². The lowest BCUT2D eigenvalue weighted by atomic mass is 9.89. The fourth-order valence-electron chi connectivity index (χ4n) is 5.21. The number of piperidine rings is 1. The molecule has 0 bridgehead atoms. The number of anilines is 1. The number of sulfonamides is 2. The van der Waals surface area contributed by atoms with Crippen molar-refractivity contribution in [3.05, 3.63) is 83.4 Å². The van der Waals surface area contributed by atoms with Gasteiger partial charge in [-0.2, -0.15) is 0 Å². The molecule has 13 heteroatoms. The summed E-state index contributed by atoms with van der Waals surface area (Å²) in [6.45, 7) is 1.99. The van der Waals surface area contributed by atoms with E-state index >= 15 is 0 Å². The third kappa shape index (κ3) is 6.18. The average molecular weight is 615 g/mol. The Bertz CT molecular complexity index is 1830. The maximum absolute atomic E-state index is 13.6. The number of amides is 1. The molecule has 1 atom stereocenters. The van der Waals surface area contributed by atoms with Crippen molar-refractivity contribution in [3.63, 3.8) is 0 Å². The average Bonchev–Trinajstić information content (AvgIpc) is 3.35. The molecule has 42 heavy (non-hydrogen) atoms. The molecule has 4 aromatic rings. The summed E-state index contributed by atoms with van der Waals surface area (Å²) in [5.41, 5.74) is 2.36. The number of hydrogen-bond acceptors (Lipinski definition) is 7. The Morgan fingerprint density at radius 2 is 1.81 bits per heavy atom. The molecule has 10 nitrogen and oxygen atoms in total. The lowest BCUT2D eigenvalue weighted by molar-refractivity contribution is 0.0964. The van der Waals surface area contributed by atoms with Crippen LogP contribution in [0.15, 0.2) is 65.3 Å². The van der Waals surface area contributed by atoms with Crippen molar-refractivity contribution in [2.45, 2.75) is 31.4 Å². The van der Waals surface area contributed by atoms with E-state index in [1.807, 2.05) is 0 Å². The second kappa shape index (κ2) is 11.8. The maximum Gasteiger partial charge on any atom is 0.255 e. The van der Waals surface area contributed by atoms with Crippen LogP contribution in [-0.4, -0.2) is 57.9 Å². The summed E-state index contributed by atoms with van der Waals surface area (Å²) in [5.74, 6) is -1.41. The molecule has 1 amide bonds. The van der Waals surface area contributed by atoms with Gasteiger partial charge >= 0.3 is 0 Å². The Labute approximate surface area is 244 Å². The summed E-state index contributed by atoms with van der Waals surface area (Å²) >= 11 is 0. The highest BCUT2D eigenvalue weighted by Gasteiger charge is 2.33. The van der Waals surface area contributed by atoms with Crippen LogP contribution in [0, 0.1) is 5.82 Å². The number of fused-ring (bicyclic) bond motifs is 1. The normalized spacial score (nSPS) is 16.4. The molecule has 2 aromatic carbocycles. The van der Waals surface area contributed by atoms with E-state index in [0.29, 0.717) is 41.5 Å². The molecular formula is C29H31FN4O6S2. The predicted octanol–water partition coefficient (Wildman–Crippen LogP) is 4.46. The first-order valence-corrected chi connectivity index (χ1v) is 16.7. The molecule has 1 fully saturated rings. The Morgan fingerprint density at radius 3 is 2.48 bits per heavy atom. The molecule has 0 spiro atoms. The van der Waals surface area contributed by atoms with Crippen molar-refractivity contribution >= 4 is 42.6 Å². The molecule has 3 heterocycles. The van der Waals surface area contributed by atoms with Crippen LogP contribution in [0.1, 0.15) is 47.2 Å². The third-order valence-corrected chi connectivity index (χ3v) is 10.5. The maximum atomic E-state index is 13.6. The number of pyridine rings is 1. The van der Waals surface area contributed by atoms with Gasteiger partial charge in [0.25, 0.3) is 5.91 Å². The monoisotopic (exact) mass is 614 g/mol. The molecular weight excluding hydrogens is 583 g/mol.